The second kappa shape index (κ2) is 6.96. The summed E-state index contributed by atoms with van der Waals surface area (Å²) in [6.07, 6.45) is 0.390. The molecule has 0 radical (unpaired) electrons. The van der Waals surface area contributed by atoms with E-state index in [1.54, 1.807) is 6.92 Å². The molecule has 7 heteroatoms. The van der Waals surface area contributed by atoms with E-state index in [0.29, 0.717) is 19.4 Å². The second-order valence-electron chi connectivity index (χ2n) is 5.30. The van der Waals surface area contributed by atoms with E-state index in [2.05, 4.69) is 0 Å². The van der Waals surface area contributed by atoms with Gasteiger partial charge in [0, 0.05) is 13.1 Å². The van der Waals surface area contributed by atoms with E-state index in [0.717, 1.165) is 6.07 Å². The van der Waals surface area contributed by atoms with Gasteiger partial charge >= 0.3 is 5.97 Å². The lowest BCUT2D eigenvalue weighted by Crippen LogP contribution is -2.47. The highest BCUT2D eigenvalue weighted by Crippen LogP contribution is 2.26. The quantitative estimate of drug-likeness (QED) is 0.922. The summed E-state index contributed by atoms with van der Waals surface area (Å²) in [5.74, 6) is -2.01. The minimum Gasteiger partial charge on any atom is -0.481 e. The van der Waals surface area contributed by atoms with Crippen molar-refractivity contribution in [3.8, 4) is 5.75 Å². The van der Waals surface area contributed by atoms with Crippen LogP contribution in [0.4, 0.5) is 4.39 Å². The number of carboxylic acid groups (broad SMARTS) is 1. The summed E-state index contributed by atoms with van der Waals surface area (Å²) in [5, 5.41) is 9.14. The average molecular weight is 330 g/mol. The molecule has 0 unspecified atom stereocenters. The molecule has 0 aromatic heterocycles. The number of benzene rings is 1. The van der Waals surface area contributed by atoms with E-state index in [4.69, 9.17) is 21.4 Å². The van der Waals surface area contributed by atoms with E-state index in [1.807, 2.05) is 0 Å². The summed E-state index contributed by atoms with van der Waals surface area (Å²) in [7, 11) is 0. The van der Waals surface area contributed by atoms with E-state index in [-0.39, 0.29) is 23.2 Å². The van der Waals surface area contributed by atoms with Crippen molar-refractivity contribution in [1.82, 2.24) is 4.90 Å². The normalized spacial score (nSPS) is 19.6. The summed E-state index contributed by atoms with van der Waals surface area (Å²) in [6, 6.07) is 3.66. The molecule has 1 heterocycles. The van der Waals surface area contributed by atoms with Gasteiger partial charge in [-0.25, -0.2) is 4.39 Å². The summed E-state index contributed by atoms with van der Waals surface area (Å²) < 4.78 is 18.5. The summed E-state index contributed by atoms with van der Waals surface area (Å²) in [4.78, 5) is 24.9. The molecule has 5 nitrogen and oxygen atoms in total. The Morgan fingerprint density at radius 1 is 1.50 bits per heavy atom. The van der Waals surface area contributed by atoms with Crippen molar-refractivity contribution in [2.75, 3.05) is 13.1 Å². The number of ether oxygens (including phenoxy) is 1. The highest BCUT2D eigenvalue weighted by Gasteiger charge is 2.31. The van der Waals surface area contributed by atoms with Gasteiger partial charge in [0.2, 0.25) is 0 Å². The molecule has 120 valence electrons. The lowest BCUT2D eigenvalue weighted by molar-refractivity contribution is -0.147. The minimum absolute atomic E-state index is 0.0849. The molecule has 1 aliphatic heterocycles. The van der Waals surface area contributed by atoms with Crippen molar-refractivity contribution in [3.63, 3.8) is 0 Å². The molecule has 1 saturated heterocycles. The zero-order valence-electron chi connectivity index (χ0n) is 12.1. The van der Waals surface area contributed by atoms with Crippen molar-refractivity contribution < 1.29 is 23.8 Å². The zero-order valence-corrected chi connectivity index (χ0v) is 12.8. The first-order valence-corrected chi connectivity index (χ1v) is 7.39. The Bertz CT molecular complexity index is 581. The third-order valence-corrected chi connectivity index (χ3v) is 3.92. The van der Waals surface area contributed by atoms with Crippen LogP contribution in [0.2, 0.25) is 5.02 Å². The molecule has 0 spiro atoms. The molecule has 1 aromatic rings. The molecule has 0 saturated carbocycles. The van der Waals surface area contributed by atoms with Gasteiger partial charge in [-0.3, -0.25) is 9.59 Å². The number of hydrogen-bond donors (Lipinski definition) is 1. The van der Waals surface area contributed by atoms with Gasteiger partial charge in [-0.2, -0.15) is 0 Å². The number of likely N-dealkylation sites (tertiary alicyclic amines) is 1. The van der Waals surface area contributed by atoms with Gasteiger partial charge in [-0.15, -0.1) is 0 Å². The number of rotatable bonds is 4. The van der Waals surface area contributed by atoms with Crippen molar-refractivity contribution in [3.05, 3.63) is 29.0 Å². The monoisotopic (exact) mass is 329 g/mol. The van der Waals surface area contributed by atoms with Crippen LogP contribution in [0.3, 0.4) is 0 Å². The van der Waals surface area contributed by atoms with Crippen molar-refractivity contribution in [1.29, 1.82) is 0 Å². The minimum atomic E-state index is -0.896. The fourth-order valence-corrected chi connectivity index (χ4v) is 2.66. The van der Waals surface area contributed by atoms with Crippen LogP contribution in [-0.4, -0.2) is 41.1 Å². The van der Waals surface area contributed by atoms with Crippen molar-refractivity contribution >= 4 is 23.5 Å². The van der Waals surface area contributed by atoms with Crippen molar-refractivity contribution in [2.45, 2.75) is 25.9 Å². The van der Waals surface area contributed by atoms with Crippen LogP contribution < -0.4 is 4.74 Å². The number of nitrogens with zero attached hydrogens (tertiary/aromatic N) is 1. The Labute approximate surface area is 132 Å². The maximum atomic E-state index is 13.0. The zero-order chi connectivity index (χ0) is 16.3. The Hall–Kier alpha value is -1.82. The molecule has 1 fully saturated rings. The van der Waals surface area contributed by atoms with Crippen molar-refractivity contribution in [2.24, 2.45) is 5.92 Å². The maximum absolute atomic E-state index is 13.0. The predicted molar refractivity (Wildman–Crippen MR) is 78.4 cm³/mol. The largest absolute Gasteiger partial charge is 0.481 e. The van der Waals surface area contributed by atoms with Crippen LogP contribution in [0, 0.1) is 11.7 Å². The number of hydrogen-bond acceptors (Lipinski definition) is 3. The standard InChI is InChI=1S/C15H17ClFNO4/c1-9(22-13-5-4-11(17)7-12(13)16)14(19)18-6-2-3-10(8-18)15(20)21/h4-5,7,9-10H,2-3,6,8H2,1H3,(H,20,21)/t9-,10+/m1/s1. The van der Waals surface area contributed by atoms with E-state index in [1.165, 1.54) is 17.0 Å². The third kappa shape index (κ3) is 3.88. The van der Waals surface area contributed by atoms with Gasteiger partial charge in [0.15, 0.2) is 6.10 Å². The molecular formula is C15H17ClFNO4. The van der Waals surface area contributed by atoms with Gasteiger partial charge in [0.05, 0.1) is 10.9 Å². The van der Waals surface area contributed by atoms with E-state index in [9.17, 15) is 14.0 Å². The number of aliphatic carboxylic acids is 1. The van der Waals surface area contributed by atoms with Gasteiger partial charge < -0.3 is 14.7 Å². The first-order chi connectivity index (χ1) is 10.4. The number of carbonyl (C=O) groups excluding carboxylic acids is 1. The van der Waals surface area contributed by atoms with Gasteiger partial charge in [-0.1, -0.05) is 11.6 Å². The Balaban J connectivity index is 2.01. The molecule has 0 bridgehead atoms. The second-order valence-corrected chi connectivity index (χ2v) is 5.70. The Kier molecular flexibility index (Phi) is 5.24. The number of carbonyl (C=O) groups is 2. The first kappa shape index (κ1) is 16.5. The summed E-state index contributed by atoms with van der Waals surface area (Å²) in [5.41, 5.74) is 0. The molecular weight excluding hydrogens is 313 g/mol. The fraction of sp³-hybridized carbons (Fsp3) is 0.467. The van der Waals surface area contributed by atoms with Gasteiger partial charge in [-0.05, 0) is 38.0 Å². The van der Waals surface area contributed by atoms with Crippen LogP contribution in [0.25, 0.3) is 0 Å². The lowest BCUT2D eigenvalue weighted by Gasteiger charge is -2.32. The van der Waals surface area contributed by atoms with E-state index < -0.39 is 23.8 Å². The van der Waals surface area contributed by atoms with Crippen LogP contribution in [-0.2, 0) is 9.59 Å². The number of halogens is 2. The molecule has 2 rings (SSSR count). The molecule has 1 aliphatic rings. The topological polar surface area (TPSA) is 66.8 Å². The molecule has 2 atom stereocenters. The van der Waals surface area contributed by atoms with Crippen LogP contribution in [0.15, 0.2) is 18.2 Å². The highest BCUT2D eigenvalue weighted by molar-refractivity contribution is 6.32. The number of piperidine rings is 1. The maximum Gasteiger partial charge on any atom is 0.308 e. The van der Waals surface area contributed by atoms with Gasteiger partial charge in [0.25, 0.3) is 5.91 Å². The predicted octanol–water partition coefficient (Wildman–Crippen LogP) is 2.57. The SMILES string of the molecule is C[C@@H](Oc1ccc(F)cc1Cl)C(=O)N1CCC[C@H](C(=O)O)C1. The molecule has 1 amide bonds. The first-order valence-electron chi connectivity index (χ1n) is 7.01. The Morgan fingerprint density at radius 3 is 2.86 bits per heavy atom. The molecule has 0 aliphatic carbocycles. The highest BCUT2D eigenvalue weighted by atomic mass is 35.5. The van der Waals surface area contributed by atoms with E-state index >= 15 is 0 Å². The van der Waals surface area contributed by atoms with Gasteiger partial charge in [0.1, 0.15) is 11.6 Å². The lowest BCUT2D eigenvalue weighted by atomic mass is 9.98. The third-order valence-electron chi connectivity index (χ3n) is 3.63. The average Bonchev–Trinajstić information content (AvgIpc) is 2.49. The van der Waals surface area contributed by atoms with Crippen LogP contribution >= 0.6 is 11.6 Å². The fourth-order valence-electron chi connectivity index (χ4n) is 2.45. The number of amides is 1. The summed E-state index contributed by atoms with van der Waals surface area (Å²) in [6.45, 7) is 2.25. The molecule has 1 aromatic carbocycles. The van der Waals surface area contributed by atoms with Crippen LogP contribution in [0.5, 0.6) is 5.75 Å². The Morgan fingerprint density at radius 2 is 2.23 bits per heavy atom. The van der Waals surface area contributed by atoms with Crippen LogP contribution in [0.1, 0.15) is 19.8 Å². The smallest absolute Gasteiger partial charge is 0.308 e. The number of carboxylic acids is 1. The summed E-state index contributed by atoms with van der Waals surface area (Å²) >= 11 is 5.86. The molecule has 22 heavy (non-hydrogen) atoms. The molecule has 1 N–H and O–H groups in total.